The van der Waals surface area contributed by atoms with E-state index in [4.69, 9.17) is 16.3 Å². The first-order chi connectivity index (χ1) is 15.9. The van der Waals surface area contributed by atoms with E-state index >= 15 is 0 Å². The number of hydrogen-bond acceptors (Lipinski definition) is 4. The van der Waals surface area contributed by atoms with Crippen molar-refractivity contribution < 1.29 is 18.7 Å². The van der Waals surface area contributed by atoms with Crippen molar-refractivity contribution in [1.82, 2.24) is 9.80 Å². The Labute approximate surface area is 198 Å². The van der Waals surface area contributed by atoms with Gasteiger partial charge in [-0.05, 0) is 54.3 Å². The summed E-state index contributed by atoms with van der Waals surface area (Å²) in [6.45, 7) is 2.28. The summed E-state index contributed by atoms with van der Waals surface area (Å²) in [5.41, 5.74) is 2.29. The number of halogens is 2. The summed E-state index contributed by atoms with van der Waals surface area (Å²) in [6, 6.07) is 12.0. The van der Waals surface area contributed by atoms with E-state index in [1.54, 1.807) is 30.4 Å². The number of nitrogens with zero attached hydrogens (tertiary/aromatic N) is 2. The summed E-state index contributed by atoms with van der Waals surface area (Å²) in [5.74, 6) is -0.563. The van der Waals surface area contributed by atoms with Crippen molar-refractivity contribution in [3.63, 3.8) is 0 Å². The molecule has 2 heterocycles. The van der Waals surface area contributed by atoms with Gasteiger partial charge >= 0.3 is 0 Å². The fourth-order valence-corrected chi connectivity index (χ4v) is 4.85. The molecule has 2 aromatic carbocycles. The second-order valence-electron chi connectivity index (χ2n) is 8.50. The van der Waals surface area contributed by atoms with Crippen molar-refractivity contribution in [3.8, 4) is 0 Å². The highest BCUT2D eigenvalue weighted by Crippen LogP contribution is 2.31. The van der Waals surface area contributed by atoms with Gasteiger partial charge in [0.05, 0.1) is 0 Å². The van der Waals surface area contributed by atoms with Crippen molar-refractivity contribution in [2.24, 2.45) is 0 Å². The molecular weight excluding hydrogens is 445 g/mol. The predicted octanol–water partition coefficient (Wildman–Crippen LogP) is 3.95. The van der Waals surface area contributed by atoms with Crippen molar-refractivity contribution >= 4 is 35.2 Å². The second kappa shape index (κ2) is 10.5. The van der Waals surface area contributed by atoms with Crippen LogP contribution in [0.2, 0.25) is 5.02 Å². The van der Waals surface area contributed by atoms with Crippen LogP contribution in [0.25, 0.3) is 6.08 Å². The minimum absolute atomic E-state index is 0.0342. The Hall–Kier alpha value is -2.74. The Balaban J connectivity index is 1.41. The highest BCUT2D eigenvalue weighted by molar-refractivity contribution is 6.31. The second-order valence-corrected chi connectivity index (χ2v) is 8.93. The highest BCUT2D eigenvalue weighted by Gasteiger charge is 2.41. The SMILES string of the molecule is COCC(=O)Nc1cc(Cl)ccc1C=CC(=O)N1C2CCC1CN(Cc1ccc(F)cc1)C2. The third-order valence-corrected chi connectivity index (χ3v) is 6.34. The molecule has 33 heavy (non-hydrogen) atoms. The minimum Gasteiger partial charge on any atom is -0.375 e. The van der Waals surface area contributed by atoms with E-state index in [0.717, 1.165) is 38.0 Å². The molecule has 2 aliphatic heterocycles. The van der Waals surface area contributed by atoms with E-state index in [1.807, 2.05) is 17.0 Å². The van der Waals surface area contributed by atoms with Gasteiger partial charge in [0.1, 0.15) is 12.4 Å². The largest absolute Gasteiger partial charge is 0.375 e. The number of amides is 2. The topological polar surface area (TPSA) is 61.9 Å². The molecule has 174 valence electrons. The van der Waals surface area contributed by atoms with Crippen LogP contribution in [0.3, 0.4) is 0 Å². The maximum atomic E-state index is 13.2. The number of likely N-dealkylation sites (tertiary alicyclic amines) is 1. The number of rotatable bonds is 7. The molecule has 2 atom stereocenters. The normalized spacial score (nSPS) is 20.4. The van der Waals surface area contributed by atoms with Crippen LogP contribution < -0.4 is 5.32 Å². The minimum atomic E-state index is -0.295. The molecule has 0 aromatic heterocycles. The van der Waals surface area contributed by atoms with E-state index in [1.165, 1.54) is 19.2 Å². The molecule has 0 spiro atoms. The Morgan fingerprint density at radius 3 is 2.52 bits per heavy atom. The Morgan fingerprint density at radius 1 is 1.15 bits per heavy atom. The fourth-order valence-electron chi connectivity index (χ4n) is 4.67. The fraction of sp³-hybridized carbons (Fsp3) is 0.360. The number of ether oxygens (including phenoxy) is 1. The molecular formula is C25H27ClFN3O3. The first-order valence-corrected chi connectivity index (χ1v) is 11.4. The van der Waals surface area contributed by atoms with Crippen molar-refractivity contribution in [2.45, 2.75) is 31.5 Å². The van der Waals surface area contributed by atoms with Crippen LogP contribution in [0.15, 0.2) is 48.5 Å². The molecule has 8 heteroatoms. The van der Waals surface area contributed by atoms with Gasteiger partial charge in [0, 0.05) is 55.6 Å². The number of anilines is 1. The van der Waals surface area contributed by atoms with Crippen LogP contribution in [0.1, 0.15) is 24.0 Å². The number of methoxy groups -OCH3 is 1. The highest BCUT2D eigenvalue weighted by atomic mass is 35.5. The smallest absolute Gasteiger partial charge is 0.250 e. The average molecular weight is 472 g/mol. The molecule has 2 aromatic rings. The summed E-state index contributed by atoms with van der Waals surface area (Å²) >= 11 is 6.08. The molecule has 2 aliphatic rings. The van der Waals surface area contributed by atoms with Gasteiger partial charge in [0.15, 0.2) is 0 Å². The van der Waals surface area contributed by atoms with Gasteiger partial charge in [-0.25, -0.2) is 4.39 Å². The molecule has 2 unspecified atom stereocenters. The molecule has 6 nitrogen and oxygen atoms in total. The number of benzene rings is 2. The number of nitrogens with one attached hydrogen (secondary N) is 1. The average Bonchev–Trinajstić information content (AvgIpc) is 3.05. The summed E-state index contributed by atoms with van der Waals surface area (Å²) in [7, 11) is 1.45. The summed E-state index contributed by atoms with van der Waals surface area (Å²) in [5, 5.41) is 3.25. The van der Waals surface area contributed by atoms with E-state index in [2.05, 4.69) is 10.2 Å². The third-order valence-electron chi connectivity index (χ3n) is 6.10. The van der Waals surface area contributed by atoms with E-state index in [0.29, 0.717) is 16.3 Å². The molecule has 2 amide bonds. The zero-order valence-corrected chi connectivity index (χ0v) is 19.2. The van der Waals surface area contributed by atoms with Crippen LogP contribution >= 0.6 is 11.6 Å². The molecule has 2 fully saturated rings. The van der Waals surface area contributed by atoms with Crippen molar-refractivity contribution in [1.29, 1.82) is 0 Å². The molecule has 4 rings (SSSR count). The van der Waals surface area contributed by atoms with Crippen LogP contribution in [-0.2, 0) is 20.9 Å². The number of fused-ring (bicyclic) bond motifs is 2. The van der Waals surface area contributed by atoms with E-state index in [-0.39, 0.29) is 36.3 Å². The Morgan fingerprint density at radius 2 is 1.85 bits per heavy atom. The lowest BCUT2D eigenvalue weighted by atomic mass is 10.1. The third kappa shape index (κ3) is 5.79. The number of carbonyl (C=O) groups excluding carboxylic acids is 2. The van der Waals surface area contributed by atoms with Gasteiger partial charge in [-0.2, -0.15) is 0 Å². The first kappa shape index (κ1) is 23.4. The zero-order valence-electron chi connectivity index (χ0n) is 18.5. The monoisotopic (exact) mass is 471 g/mol. The zero-order chi connectivity index (χ0) is 23.4. The maximum absolute atomic E-state index is 13.2. The maximum Gasteiger partial charge on any atom is 0.250 e. The van der Waals surface area contributed by atoms with Crippen LogP contribution in [-0.4, -0.2) is 60.5 Å². The van der Waals surface area contributed by atoms with Crippen molar-refractivity contribution in [2.75, 3.05) is 32.1 Å². The number of carbonyl (C=O) groups is 2. The van der Waals surface area contributed by atoms with Gasteiger partial charge in [-0.3, -0.25) is 14.5 Å². The van der Waals surface area contributed by atoms with Gasteiger partial charge in [0.2, 0.25) is 11.8 Å². The first-order valence-electron chi connectivity index (χ1n) is 11.0. The molecule has 2 saturated heterocycles. The predicted molar refractivity (Wildman–Crippen MR) is 126 cm³/mol. The molecule has 0 aliphatic carbocycles. The quantitative estimate of drug-likeness (QED) is 0.621. The Bertz CT molecular complexity index is 1030. The standard InChI is InChI=1S/C25H27ClFN3O3/c1-33-16-24(31)28-23-12-19(26)6-4-18(23)5-11-25(32)30-21-9-10-22(30)15-29(14-21)13-17-2-7-20(27)8-3-17/h2-8,11-12,21-22H,9-10,13-16H2,1H3,(H,28,31). The lowest BCUT2D eigenvalue weighted by molar-refractivity contribution is -0.131. The molecule has 0 saturated carbocycles. The Kier molecular flexibility index (Phi) is 7.42. The van der Waals surface area contributed by atoms with Crippen molar-refractivity contribution in [3.05, 3.63) is 70.5 Å². The van der Waals surface area contributed by atoms with Crippen LogP contribution in [0, 0.1) is 5.82 Å². The van der Waals surface area contributed by atoms with Crippen LogP contribution in [0.4, 0.5) is 10.1 Å². The van der Waals surface area contributed by atoms with Gasteiger partial charge in [-0.15, -0.1) is 0 Å². The lowest BCUT2D eigenvalue weighted by Crippen LogP contribution is -2.55. The lowest BCUT2D eigenvalue weighted by Gasteiger charge is -2.40. The molecule has 1 N–H and O–H groups in total. The number of piperazine rings is 1. The summed E-state index contributed by atoms with van der Waals surface area (Å²) in [6.07, 6.45) is 5.23. The van der Waals surface area contributed by atoms with Gasteiger partial charge in [0.25, 0.3) is 0 Å². The molecule has 0 radical (unpaired) electrons. The number of hydrogen-bond donors (Lipinski definition) is 1. The van der Waals surface area contributed by atoms with E-state index < -0.39 is 0 Å². The molecule has 2 bridgehead atoms. The van der Waals surface area contributed by atoms with Gasteiger partial charge < -0.3 is 15.0 Å². The van der Waals surface area contributed by atoms with E-state index in [9.17, 15) is 14.0 Å². The van der Waals surface area contributed by atoms with Gasteiger partial charge in [-0.1, -0.05) is 29.8 Å². The summed E-state index contributed by atoms with van der Waals surface area (Å²) < 4.78 is 18.0. The van der Waals surface area contributed by atoms with Crippen LogP contribution in [0.5, 0.6) is 0 Å². The summed E-state index contributed by atoms with van der Waals surface area (Å²) in [4.78, 5) is 29.3.